The summed E-state index contributed by atoms with van der Waals surface area (Å²) in [5.41, 5.74) is 1.77. The number of H-pyrrole nitrogens is 1. The fraction of sp³-hybridized carbons (Fsp3) is 0.125. The molecule has 0 unspecified atom stereocenters. The number of ether oxygens (including phenoxy) is 2. The second kappa shape index (κ2) is 6.53. The van der Waals surface area contributed by atoms with Gasteiger partial charge in [0.2, 0.25) is 10.7 Å². The first-order chi connectivity index (χ1) is 11.2. The molecule has 2 N–H and O–H groups in total. The Morgan fingerprint density at radius 1 is 0.957 bits per heavy atom. The smallest absolute Gasteiger partial charge is 0.232 e. The number of anilines is 2. The molecular weight excluding hydrogens is 312 g/mol. The van der Waals surface area contributed by atoms with Crippen LogP contribution >= 0.6 is 12.2 Å². The quantitative estimate of drug-likeness (QED) is 0.699. The average Bonchev–Trinajstić information content (AvgIpc) is 2.96. The van der Waals surface area contributed by atoms with E-state index in [-0.39, 0.29) is 0 Å². The van der Waals surface area contributed by atoms with E-state index in [4.69, 9.17) is 21.7 Å². The summed E-state index contributed by atoms with van der Waals surface area (Å²) in [5.74, 6) is 2.18. The minimum absolute atomic E-state index is 0.506. The maximum absolute atomic E-state index is 5.33. The van der Waals surface area contributed by atoms with Crippen LogP contribution in [0.2, 0.25) is 0 Å². The second-order valence-electron chi connectivity index (χ2n) is 4.74. The summed E-state index contributed by atoms with van der Waals surface area (Å²) in [5, 5.41) is 10.3. The predicted molar refractivity (Wildman–Crippen MR) is 91.6 cm³/mol. The summed E-state index contributed by atoms with van der Waals surface area (Å²) >= 11 is 5.33. The molecule has 6 nitrogen and oxygen atoms in total. The van der Waals surface area contributed by atoms with Crippen molar-refractivity contribution in [1.29, 1.82) is 0 Å². The van der Waals surface area contributed by atoms with Crippen molar-refractivity contribution in [1.82, 2.24) is 14.8 Å². The Labute approximate surface area is 138 Å². The van der Waals surface area contributed by atoms with Crippen molar-refractivity contribution in [2.45, 2.75) is 0 Å². The van der Waals surface area contributed by atoms with E-state index in [0.29, 0.717) is 10.7 Å². The van der Waals surface area contributed by atoms with Crippen LogP contribution in [0.1, 0.15) is 0 Å². The van der Waals surface area contributed by atoms with Crippen LogP contribution in [-0.2, 0) is 0 Å². The Morgan fingerprint density at radius 2 is 1.52 bits per heavy atom. The van der Waals surface area contributed by atoms with E-state index in [1.165, 1.54) is 0 Å². The molecule has 0 atom stereocenters. The molecule has 0 saturated carbocycles. The van der Waals surface area contributed by atoms with Gasteiger partial charge in [0.15, 0.2) is 0 Å². The van der Waals surface area contributed by atoms with Crippen molar-refractivity contribution >= 4 is 23.9 Å². The standard InChI is InChI=1S/C16H16N4O2S/c1-21-13-7-3-11(4-8-13)17-15-18-19-16(23)20(15)12-5-9-14(22-2)10-6-12/h3-10H,1-2H3,(H,17,18)(H,19,23). The zero-order valence-corrected chi connectivity index (χ0v) is 13.6. The SMILES string of the molecule is COc1ccc(Nc2n[nH]c(=S)n2-c2ccc(OC)cc2)cc1. The van der Waals surface area contributed by atoms with Gasteiger partial charge >= 0.3 is 0 Å². The maximum Gasteiger partial charge on any atom is 0.232 e. The Hall–Kier alpha value is -2.80. The summed E-state index contributed by atoms with van der Waals surface area (Å²) in [6, 6.07) is 15.2. The molecule has 0 radical (unpaired) electrons. The van der Waals surface area contributed by atoms with Crippen molar-refractivity contribution in [3.8, 4) is 17.2 Å². The Kier molecular flexibility index (Phi) is 4.29. The summed E-state index contributed by atoms with van der Waals surface area (Å²) in [6.07, 6.45) is 0. The highest BCUT2D eigenvalue weighted by Gasteiger charge is 2.09. The molecule has 0 aliphatic heterocycles. The molecule has 0 spiro atoms. The van der Waals surface area contributed by atoms with Crippen molar-refractivity contribution in [3.63, 3.8) is 0 Å². The number of nitrogens with zero attached hydrogens (tertiary/aromatic N) is 2. The molecule has 0 aliphatic carbocycles. The van der Waals surface area contributed by atoms with E-state index in [1.54, 1.807) is 14.2 Å². The lowest BCUT2D eigenvalue weighted by Gasteiger charge is -2.10. The van der Waals surface area contributed by atoms with Crippen LogP contribution in [0.15, 0.2) is 48.5 Å². The number of methoxy groups -OCH3 is 2. The number of benzene rings is 2. The van der Waals surface area contributed by atoms with Crippen molar-refractivity contribution in [3.05, 3.63) is 53.3 Å². The number of nitrogens with one attached hydrogen (secondary N) is 2. The first-order valence-electron chi connectivity index (χ1n) is 6.94. The average molecular weight is 328 g/mol. The third kappa shape index (κ3) is 3.19. The maximum atomic E-state index is 5.33. The normalized spacial score (nSPS) is 10.3. The van der Waals surface area contributed by atoms with Crippen molar-refractivity contribution in [2.24, 2.45) is 0 Å². The highest BCUT2D eigenvalue weighted by atomic mass is 32.1. The molecule has 0 saturated heterocycles. The molecule has 3 rings (SSSR count). The van der Waals surface area contributed by atoms with E-state index >= 15 is 0 Å². The lowest BCUT2D eigenvalue weighted by atomic mass is 10.3. The first-order valence-corrected chi connectivity index (χ1v) is 7.35. The lowest BCUT2D eigenvalue weighted by Crippen LogP contribution is -2.02. The van der Waals surface area contributed by atoms with E-state index in [2.05, 4.69) is 15.5 Å². The van der Waals surface area contributed by atoms with Crippen LogP contribution < -0.4 is 14.8 Å². The molecule has 0 bridgehead atoms. The largest absolute Gasteiger partial charge is 0.497 e. The summed E-state index contributed by atoms with van der Waals surface area (Å²) in [7, 11) is 3.27. The molecule has 7 heteroatoms. The molecular formula is C16H16N4O2S. The third-order valence-corrected chi connectivity index (χ3v) is 3.62. The van der Waals surface area contributed by atoms with Gasteiger partial charge < -0.3 is 14.8 Å². The number of aromatic amines is 1. The van der Waals surface area contributed by atoms with Crippen LogP contribution in [-0.4, -0.2) is 29.0 Å². The van der Waals surface area contributed by atoms with Gasteiger partial charge in [0.25, 0.3) is 0 Å². The lowest BCUT2D eigenvalue weighted by molar-refractivity contribution is 0.414. The first kappa shape index (κ1) is 15.1. The predicted octanol–water partition coefficient (Wildman–Crippen LogP) is 3.69. The van der Waals surface area contributed by atoms with E-state index in [1.807, 2.05) is 53.1 Å². The number of rotatable bonds is 5. The van der Waals surface area contributed by atoms with E-state index < -0.39 is 0 Å². The van der Waals surface area contributed by atoms with Gasteiger partial charge in [-0.15, -0.1) is 5.10 Å². The molecule has 3 aromatic rings. The van der Waals surface area contributed by atoms with Gasteiger partial charge in [0, 0.05) is 5.69 Å². The van der Waals surface area contributed by atoms with Crippen molar-refractivity contribution in [2.75, 3.05) is 19.5 Å². The highest BCUT2D eigenvalue weighted by molar-refractivity contribution is 7.71. The minimum atomic E-state index is 0.506. The molecule has 1 heterocycles. The fourth-order valence-corrected chi connectivity index (χ4v) is 2.39. The van der Waals surface area contributed by atoms with Gasteiger partial charge in [-0.3, -0.25) is 4.57 Å². The van der Waals surface area contributed by atoms with Crippen LogP contribution in [0.5, 0.6) is 11.5 Å². The summed E-state index contributed by atoms with van der Waals surface area (Å²) in [4.78, 5) is 0. The van der Waals surface area contributed by atoms with Gasteiger partial charge in [-0.1, -0.05) is 0 Å². The van der Waals surface area contributed by atoms with Crippen LogP contribution in [0.25, 0.3) is 5.69 Å². The molecule has 2 aromatic carbocycles. The van der Waals surface area contributed by atoms with Gasteiger partial charge in [0.05, 0.1) is 19.9 Å². The summed E-state index contributed by atoms with van der Waals surface area (Å²) in [6.45, 7) is 0. The monoisotopic (exact) mass is 328 g/mol. The molecule has 23 heavy (non-hydrogen) atoms. The van der Waals surface area contributed by atoms with E-state index in [9.17, 15) is 0 Å². The van der Waals surface area contributed by atoms with Gasteiger partial charge in [0.1, 0.15) is 11.5 Å². The van der Waals surface area contributed by atoms with Gasteiger partial charge in [-0.05, 0) is 60.7 Å². The van der Waals surface area contributed by atoms with Gasteiger partial charge in [-0.25, -0.2) is 5.10 Å². The molecule has 118 valence electrons. The third-order valence-electron chi connectivity index (χ3n) is 3.35. The Morgan fingerprint density at radius 3 is 2.09 bits per heavy atom. The number of hydrogen-bond acceptors (Lipinski definition) is 5. The minimum Gasteiger partial charge on any atom is -0.497 e. The number of aromatic nitrogens is 3. The van der Waals surface area contributed by atoms with Crippen molar-refractivity contribution < 1.29 is 9.47 Å². The van der Waals surface area contributed by atoms with Crippen LogP contribution in [0.3, 0.4) is 0 Å². The Bertz CT molecular complexity index is 838. The van der Waals surface area contributed by atoms with Gasteiger partial charge in [-0.2, -0.15) is 0 Å². The molecule has 0 aliphatic rings. The fourth-order valence-electron chi connectivity index (χ4n) is 2.16. The highest BCUT2D eigenvalue weighted by Crippen LogP contribution is 2.22. The second-order valence-corrected chi connectivity index (χ2v) is 5.13. The Balaban J connectivity index is 1.92. The van der Waals surface area contributed by atoms with Crippen LogP contribution in [0.4, 0.5) is 11.6 Å². The molecule has 0 amide bonds. The zero-order chi connectivity index (χ0) is 16.2. The molecule has 1 aromatic heterocycles. The summed E-state index contributed by atoms with van der Waals surface area (Å²) < 4.78 is 12.7. The molecule has 0 fully saturated rings. The number of hydrogen-bond donors (Lipinski definition) is 2. The topological polar surface area (TPSA) is 64.1 Å². The van der Waals surface area contributed by atoms with Crippen LogP contribution in [0, 0.1) is 4.77 Å². The zero-order valence-electron chi connectivity index (χ0n) is 12.7. The van der Waals surface area contributed by atoms with E-state index in [0.717, 1.165) is 22.9 Å².